The Kier molecular flexibility index (Phi) is 2.62. The molecule has 1 aliphatic heterocycles. The van der Waals surface area contributed by atoms with Crippen molar-refractivity contribution in [3.8, 4) is 0 Å². The van der Waals surface area contributed by atoms with Crippen LogP contribution >= 0.6 is 11.6 Å². The average molecular weight is 247 g/mol. The second-order valence-electron chi connectivity index (χ2n) is 3.40. The Bertz CT molecular complexity index is 487. The number of nitrogens with zero attached hydrogens (tertiary/aromatic N) is 1. The van der Waals surface area contributed by atoms with E-state index in [1.54, 1.807) is 18.2 Å². The van der Waals surface area contributed by atoms with Gasteiger partial charge in [-0.05, 0) is 30.7 Å². The minimum Gasteiger partial charge on any atom is -0.256 e. The van der Waals surface area contributed by atoms with Crippen LogP contribution < -0.4 is 9.03 Å². The van der Waals surface area contributed by atoms with Crippen molar-refractivity contribution < 1.29 is 8.42 Å². The van der Waals surface area contributed by atoms with E-state index in [-0.39, 0.29) is 0 Å². The first-order valence-electron chi connectivity index (χ1n) is 4.54. The van der Waals surface area contributed by atoms with Crippen molar-refractivity contribution in [1.29, 1.82) is 0 Å². The third-order valence-electron chi connectivity index (χ3n) is 2.32. The van der Waals surface area contributed by atoms with Gasteiger partial charge in [0.2, 0.25) is 0 Å². The highest BCUT2D eigenvalue weighted by Crippen LogP contribution is 2.26. The van der Waals surface area contributed by atoms with Crippen LogP contribution in [0.4, 0.5) is 5.69 Å². The van der Waals surface area contributed by atoms with Gasteiger partial charge in [0.25, 0.3) is 0 Å². The highest BCUT2D eigenvalue weighted by atomic mass is 35.5. The van der Waals surface area contributed by atoms with Crippen LogP contribution in [0.15, 0.2) is 18.2 Å². The highest BCUT2D eigenvalue weighted by molar-refractivity contribution is 7.91. The van der Waals surface area contributed by atoms with Gasteiger partial charge in [-0.1, -0.05) is 11.6 Å². The Morgan fingerprint density at radius 2 is 2.20 bits per heavy atom. The van der Waals surface area contributed by atoms with Crippen molar-refractivity contribution in [3.05, 3.63) is 28.8 Å². The van der Waals surface area contributed by atoms with Gasteiger partial charge in [-0.2, -0.15) is 13.1 Å². The Hall–Kier alpha value is -0.780. The Morgan fingerprint density at radius 1 is 1.47 bits per heavy atom. The zero-order valence-electron chi connectivity index (χ0n) is 8.20. The topological polar surface area (TPSA) is 49.4 Å². The van der Waals surface area contributed by atoms with E-state index in [1.807, 2.05) is 6.92 Å². The van der Waals surface area contributed by atoms with E-state index in [4.69, 9.17) is 11.6 Å². The maximum absolute atomic E-state index is 11.6. The lowest BCUT2D eigenvalue weighted by Gasteiger charge is -2.18. The molecule has 0 atom stereocenters. The second kappa shape index (κ2) is 3.66. The molecule has 4 nitrogen and oxygen atoms in total. The Morgan fingerprint density at radius 3 is 2.73 bits per heavy atom. The summed E-state index contributed by atoms with van der Waals surface area (Å²) < 4.78 is 27.0. The maximum Gasteiger partial charge on any atom is 0.301 e. The van der Waals surface area contributed by atoms with Crippen LogP contribution in [0.25, 0.3) is 0 Å². The molecule has 1 saturated heterocycles. The van der Waals surface area contributed by atoms with Crippen LogP contribution in [-0.2, 0) is 10.2 Å². The predicted molar refractivity (Wildman–Crippen MR) is 60.5 cm³/mol. The monoisotopic (exact) mass is 246 g/mol. The number of halogens is 1. The molecule has 0 amide bonds. The highest BCUT2D eigenvalue weighted by Gasteiger charge is 2.28. The van der Waals surface area contributed by atoms with Gasteiger partial charge in [-0.3, -0.25) is 4.31 Å². The fourth-order valence-corrected chi connectivity index (χ4v) is 3.15. The summed E-state index contributed by atoms with van der Waals surface area (Å²) in [5.41, 5.74) is 1.54. The molecule has 1 aliphatic rings. The molecular formula is C9H11ClN2O2S. The van der Waals surface area contributed by atoms with Crippen LogP contribution in [0.2, 0.25) is 5.02 Å². The van der Waals surface area contributed by atoms with Crippen LogP contribution in [0.5, 0.6) is 0 Å². The SMILES string of the molecule is Cc1cc(Cl)ccc1N1CCNS1(=O)=O. The number of hydrogen-bond acceptors (Lipinski definition) is 2. The Balaban J connectivity index is 2.46. The molecule has 0 aliphatic carbocycles. The van der Waals surface area contributed by atoms with Gasteiger partial charge in [-0.25, -0.2) is 0 Å². The molecule has 1 aromatic rings. The van der Waals surface area contributed by atoms with Crippen molar-refractivity contribution in [2.75, 3.05) is 17.4 Å². The first-order valence-corrected chi connectivity index (χ1v) is 6.36. The first kappa shape index (κ1) is 10.7. The van der Waals surface area contributed by atoms with Gasteiger partial charge in [0, 0.05) is 18.1 Å². The minimum atomic E-state index is -3.34. The van der Waals surface area contributed by atoms with Crippen molar-refractivity contribution in [2.45, 2.75) is 6.92 Å². The summed E-state index contributed by atoms with van der Waals surface area (Å²) in [5, 5.41) is 0.612. The molecule has 1 heterocycles. The molecule has 15 heavy (non-hydrogen) atoms. The molecule has 0 saturated carbocycles. The van der Waals surface area contributed by atoms with E-state index in [0.29, 0.717) is 23.8 Å². The van der Waals surface area contributed by atoms with Crippen molar-refractivity contribution >= 4 is 27.5 Å². The molecule has 0 spiro atoms. The lowest BCUT2D eigenvalue weighted by atomic mass is 10.2. The molecule has 6 heteroatoms. The lowest BCUT2D eigenvalue weighted by molar-refractivity contribution is 0.591. The van der Waals surface area contributed by atoms with Gasteiger partial charge in [0.1, 0.15) is 0 Å². The predicted octanol–water partition coefficient (Wildman–Crippen LogP) is 1.30. The van der Waals surface area contributed by atoms with Crippen LogP contribution in [-0.4, -0.2) is 21.5 Å². The van der Waals surface area contributed by atoms with Crippen LogP contribution in [0.3, 0.4) is 0 Å². The van der Waals surface area contributed by atoms with E-state index in [2.05, 4.69) is 4.72 Å². The van der Waals surface area contributed by atoms with E-state index in [9.17, 15) is 8.42 Å². The first-order chi connectivity index (χ1) is 7.00. The van der Waals surface area contributed by atoms with Crippen molar-refractivity contribution in [2.24, 2.45) is 0 Å². The number of nitrogens with one attached hydrogen (secondary N) is 1. The standard InChI is InChI=1S/C9H11ClN2O2S/c1-7-6-8(10)2-3-9(7)12-5-4-11-15(12,13)14/h2-3,6,11H,4-5H2,1H3. The Labute approximate surface area is 94.0 Å². The summed E-state index contributed by atoms with van der Waals surface area (Å²) in [5.74, 6) is 0. The molecule has 0 unspecified atom stereocenters. The molecule has 1 N–H and O–H groups in total. The van der Waals surface area contributed by atoms with Gasteiger partial charge in [0.05, 0.1) is 5.69 Å². The van der Waals surface area contributed by atoms with Gasteiger partial charge in [0.15, 0.2) is 0 Å². The average Bonchev–Trinajstić information content (AvgIpc) is 2.46. The molecule has 0 aromatic heterocycles. The van der Waals surface area contributed by atoms with Gasteiger partial charge < -0.3 is 0 Å². The number of hydrogen-bond donors (Lipinski definition) is 1. The zero-order valence-corrected chi connectivity index (χ0v) is 9.77. The molecule has 82 valence electrons. The third kappa shape index (κ3) is 1.95. The summed E-state index contributed by atoms with van der Waals surface area (Å²) in [6, 6.07) is 5.17. The van der Waals surface area contributed by atoms with E-state index >= 15 is 0 Å². The maximum atomic E-state index is 11.6. The fraction of sp³-hybridized carbons (Fsp3) is 0.333. The quantitative estimate of drug-likeness (QED) is 0.812. The van der Waals surface area contributed by atoms with E-state index in [0.717, 1.165) is 5.56 Å². The summed E-state index contributed by atoms with van der Waals surface area (Å²) in [7, 11) is -3.34. The van der Waals surface area contributed by atoms with Crippen molar-refractivity contribution in [1.82, 2.24) is 4.72 Å². The van der Waals surface area contributed by atoms with E-state index < -0.39 is 10.2 Å². The second-order valence-corrected chi connectivity index (χ2v) is 5.52. The fourth-order valence-electron chi connectivity index (χ4n) is 1.62. The molecule has 1 aromatic carbocycles. The number of anilines is 1. The smallest absolute Gasteiger partial charge is 0.256 e. The summed E-state index contributed by atoms with van der Waals surface area (Å²) >= 11 is 5.81. The zero-order chi connectivity index (χ0) is 11.1. The molecule has 0 bridgehead atoms. The van der Waals surface area contributed by atoms with Crippen molar-refractivity contribution in [3.63, 3.8) is 0 Å². The molecule has 0 radical (unpaired) electrons. The van der Waals surface area contributed by atoms with Crippen LogP contribution in [0, 0.1) is 6.92 Å². The number of aryl methyl sites for hydroxylation is 1. The van der Waals surface area contributed by atoms with Crippen LogP contribution in [0.1, 0.15) is 5.56 Å². The molecular weight excluding hydrogens is 236 g/mol. The normalized spacial score (nSPS) is 19.5. The van der Waals surface area contributed by atoms with Gasteiger partial charge >= 0.3 is 10.2 Å². The number of benzene rings is 1. The third-order valence-corrected chi connectivity index (χ3v) is 4.08. The van der Waals surface area contributed by atoms with E-state index in [1.165, 1.54) is 4.31 Å². The molecule has 1 fully saturated rings. The number of rotatable bonds is 1. The summed E-state index contributed by atoms with van der Waals surface area (Å²) in [6.45, 7) is 2.75. The lowest BCUT2D eigenvalue weighted by Crippen LogP contribution is -2.29. The summed E-state index contributed by atoms with van der Waals surface area (Å²) in [6.07, 6.45) is 0. The van der Waals surface area contributed by atoms with Gasteiger partial charge in [-0.15, -0.1) is 0 Å². The largest absolute Gasteiger partial charge is 0.301 e. The summed E-state index contributed by atoms with van der Waals surface area (Å²) in [4.78, 5) is 0. The molecule has 2 rings (SSSR count). The minimum absolute atomic E-state index is 0.449.